The molecule has 238 valence electrons. The quantitative estimate of drug-likeness (QED) is 0.472. The van der Waals surface area contributed by atoms with E-state index < -0.39 is 34.7 Å². The fourth-order valence-electron chi connectivity index (χ4n) is 7.40. The molecular formula is C32H37F4N3O5. The van der Waals surface area contributed by atoms with Crippen molar-refractivity contribution in [2.24, 2.45) is 5.92 Å². The minimum Gasteiger partial charge on any atom is -0.478 e. The summed E-state index contributed by atoms with van der Waals surface area (Å²) in [6, 6.07) is 7.51. The average Bonchev–Trinajstić information content (AvgIpc) is 3.82. The van der Waals surface area contributed by atoms with Gasteiger partial charge in [0.2, 0.25) is 0 Å². The molecule has 2 aromatic carbocycles. The van der Waals surface area contributed by atoms with Crippen molar-refractivity contribution in [3.8, 4) is 0 Å². The van der Waals surface area contributed by atoms with E-state index in [-0.39, 0.29) is 48.1 Å². The minimum atomic E-state index is -4.53. The van der Waals surface area contributed by atoms with E-state index in [1.54, 1.807) is 6.07 Å². The van der Waals surface area contributed by atoms with Crippen molar-refractivity contribution in [3.63, 3.8) is 0 Å². The Morgan fingerprint density at radius 3 is 2.43 bits per heavy atom. The van der Waals surface area contributed by atoms with Crippen LogP contribution in [0.3, 0.4) is 0 Å². The van der Waals surface area contributed by atoms with Crippen molar-refractivity contribution in [1.82, 2.24) is 9.80 Å². The predicted octanol–water partition coefficient (Wildman–Crippen LogP) is 4.63. The Morgan fingerprint density at radius 2 is 1.82 bits per heavy atom. The first-order valence-electron chi connectivity index (χ1n) is 15.1. The summed E-state index contributed by atoms with van der Waals surface area (Å²) in [6.07, 6.45) is -1.69. The number of fused-ring (bicyclic) bond motifs is 1. The summed E-state index contributed by atoms with van der Waals surface area (Å²) in [7, 11) is 0. The molecule has 0 bridgehead atoms. The second-order valence-corrected chi connectivity index (χ2v) is 13.0. The molecule has 1 amide bonds. The molecule has 1 saturated carbocycles. The largest absolute Gasteiger partial charge is 0.478 e. The van der Waals surface area contributed by atoms with Gasteiger partial charge in [0.1, 0.15) is 17.0 Å². The van der Waals surface area contributed by atoms with Crippen LogP contribution in [0.1, 0.15) is 66.6 Å². The van der Waals surface area contributed by atoms with Crippen molar-refractivity contribution >= 4 is 17.6 Å². The Morgan fingerprint density at radius 1 is 1.07 bits per heavy atom. The molecule has 3 heterocycles. The number of alkyl halides is 3. The number of carbonyl (C=O) groups excluding carboxylic acids is 1. The maximum atomic E-state index is 14.1. The van der Waals surface area contributed by atoms with Crippen molar-refractivity contribution < 1.29 is 42.1 Å². The first-order chi connectivity index (χ1) is 20.7. The number of β-amino-alcohol motifs (C(OH)–C–C–N with tert-alkyl or cyclic N) is 1. The van der Waals surface area contributed by atoms with Crippen LogP contribution in [-0.4, -0.2) is 82.4 Å². The third-order valence-electron chi connectivity index (χ3n) is 9.83. The molecule has 2 aromatic rings. The zero-order valence-electron chi connectivity index (χ0n) is 24.7. The maximum Gasteiger partial charge on any atom is 0.416 e. The molecule has 2 saturated heterocycles. The molecule has 3 aliphatic heterocycles. The number of carbonyl (C=O) groups is 2. The Bertz CT molecular complexity index is 1450. The lowest BCUT2D eigenvalue weighted by molar-refractivity contribution is -0.180. The highest BCUT2D eigenvalue weighted by Crippen LogP contribution is 2.49. The molecule has 3 fully saturated rings. The number of hydrogen-bond donors (Lipinski definition) is 2. The zero-order valence-corrected chi connectivity index (χ0v) is 24.7. The van der Waals surface area contributed by atoms with Crippen molar-refractivity contribution in [2.45, 2.75) is 75.5 Å². The number of aliphatic hydroxyl groups is 1. The summed E-state index contributed by atoms with van der Waals surface area (Å²) in [5, 5.41) is 20.5. The molecule has 0 spiro atoms. The van der Waals surface area contributed by atoms with Crippen LogP contribution in [0.15, 0.2) is 36.4 Å². The van der Waals surface area contributed by atoms with Gasteiger partial charge in [0.05, 0.1) is 24.3 Å². The van der Waals surface area contributed by atoms with Gasteiger partial charge in [0.25, 0.3) is 5.91 Å². The molecule has 2 N–H and O–H groups in total. The normalized spacial score (nSPS) is 29.8. The molecule has 44 heavy (non-hydrogen) atoms. The van der Waals surface area contributed by atoms with Crippen LogP contribution in [0.5, 0.6) is 0 Å². The van der Waals surface area contributed by atoms with Crippen LogP contribution in [0.2, 0.25) is 0 Å². The number of carboxylic acid groups (broad SMARTS) is 1. The number of anilines is 1. The van der Waals surface area contributed by atoms with E-state index in [4.69, 9.17) is 4.74 Å². The van der Waals surface area contributed by atoms with E-state index in [0.717, 1.165) is 25.0 Å². The molecule has 4 aliphatic rings. The number of hydrogen-bond acceptors (Lipinski definition) is 6. The van der Waals surface area contributed by atoms with E-state index in [1.165, 1.54) is 30.0 Å². The van der Waals surface area contributed by atoms with Gasteiger partial charge in [-0.05, 0) is 86.9 Å². The lowest BCUT2D eigenvalue weighted by Crippen LogP contribution is -2.62. The third kappa shape index (κ3) is 5.56. The summed E-state index contributed by atoms with van der Waals surface area (Å²) in [5.74, 6) is -2.33. The summed E-state index contributed by atoms with van der Waals surface area (Å²) >= 11 is 0. The van der Waals surface area contributed by atoms with Gasteiger partial charge in [0.15, 0.2) is 0 Å². The van der Waals surface area contributed by atoms with Gasteiger partial charge >= 0.3 is 12.1 Å². The summed E-state index contributed by atoms with van der Waals surface area (Å²) < 4.78 is 60.8. The molecule has 4 atom stereocenters. The lowest BCUT2D eigenvalue weighted by atomic mass is 9.82. The van der Waals surface area contributed by atoms with E-state index in [1.807, 2.05) is 6.92 Å². The molecule has 6 rings (SSSR count). The zero-order chi connectivity index (χ0) is 31.6. The lowest BCUT2D eigenvalue weighted by Gasteiger charge is -2.49. The smallest absolute Gasteiger partial charge is 0.416 e. The van der Waals surface area contributed by atoms with Crippen LogP contribution in [0.25, 0.3) is 0 Å². The fourth-order valence-corrected chi connectivity index (χ4v) is 7.40. The van der Waals surface area contributed by atoms with E-state index in [9.17, 15) is 37.4 Å². The van der Waals surface area contributed by atoms with Gasteiger partial charge in [0, 0.05) is 44.0 Å². The van der Waals surface area contributed by atoms with Crippen LogP contribution < -0.4 is 4.90 Å². The molecule has 12 heteroatoms. The van der Waals surface area contributed by atoms with Gasteiger partial charge in [-0.1, -0.05) is 6.07 Å². The Kier molecular flexibility index (Phi) is 7.69. The SMILES string of the molecule is CC1CN([C@@H]2CC[C@@](C(=O)N3Cc4cc(C(F)(F)F)ccc4[C@@](C)(O)C3)(C3CC3)OC2)CCN1c1ccc(F)c(C(=O)O)c1. The van der Waals surface area contributed by atoms with E-state index in [0.29, 0.717) is 50.3 Å². The first kappa shape index (κ1) is 30.8. The predicted molar refractivity (Wildman–Crippen MR) is 153 cm³/mol. The maximum absolute atomic E-state index is 14.1. The number of rotatable bonds is 5. The van der Waals surface area contributed by atoms with Crippen LogP contribution in [-0.2, 0) is 27.9 Å². The van der Waals surface area contributed by atoms with Gasteiger partial charge in [-0.25, -0.2) is 9.18 Å². The average molecular weight is 620 g/mol. The Balaban J connectivity index is 1.14. The molecule has 1 unspecified atom stereocenters. The number of aromatic carboxylic acids is 1. The van der Waals surface area contributed by atoms with Gasteiger partial charge < -0.3 is 24.7 Å². The first-order valence-corrected chi connectivity index (χ1v) is 15.1. The van der Waals surface area contributed by atoms with Crippen molar-refractivity contribution in [3.05, 3.63) is 64.5 Å². The molecule has 0 aromatic heterocycles. The molecule has 8 nitrogen and oxygen atoms in total. The monoisotopic (exact) mass is 619 g/mol. The standard InChI is InChI=1S/C32H37F4N3O5/c1-19-15-37(11-12-39(19)23-6-8-27(33)25(14-23)28(40)41)24-9-10-31(44-17-24,21-3-4-21)29(42)38-16-20-13-22(32(34,35)36)5-7-26(20)30(2,43)18-38/h5-8,13-14,19,21,24,43H,3-4,9-12,15-18H2,1-2H3,(H,40,41)/t19?,24-,30+,31+/m1/s1. The molecule has 0 radical (unpaired) electrons. The highest BCUT2D eigenvalue weighted by atomic mass is 19.4. The summed E-state index contributed by atoms with van der Waals surface area (Å²) in [6.45, 7) is 5.78. The third-order valence-corrected chi connectivity index (χ3v) is 9.83. The number of carboxylic acids is 1. The van der Waals surface area contributed by atoms with Gasteiger partial charge in [-0.2, -0.15) is 13.2 Å². The van der Waals surface area contributed by atoms with Crippen molar-refractivity contribution in [1.29, 1.82) is 0 Å². The van der Waals surface area contributed by atoms with Gasteiger partial charge in [-0.15, -0.1) is 0 Å². The Hall–Kier alpha value is -3.22. The number of nitrogens with zero attached hydrogens (tertiary/aromatic N) is 3. The number of benzene rings is 2. The highest BCUT2D eigenvalue weighted by Gasteiger charge is 2.56. The van der Waals surface area contributed by atoms with Crippen molar-refractivity contribution in [2.75, 3.05) is 37.7 Å². The number of amides is 1. The second-order valence-electron chi connectivity index (χ2n) is 13.0. The second kappa shape index (κ2) is 11.0. The van der Waals surface area contributed by atoms with E-state index in [2.05, 4.69) is 9.80 Å². The van der Waals surface area contributed by atoms with Gasteiger partial charge in [-0.3, -0.25) is 9.69 Å². The number of piperazine rings is 1. The van der Waals surface area contributed by atoms with Crippen LogP contribution in [0.4, 0.5) is 23.2 Å². The minimum absolute atomic E-state index is 0.0184. The number of halogens is 4. The molecule has 1 aliphatic carbocycles. The molecular weight excluding hydrogens is 582 g/mol. The van der Waals surface area contributed by atoms with Crippen LogP contribution >= 0.6 is 0 Å². The fraction of sp³-hybridized carbons (Fsp3) is 0.562. The highest BCUT2D eigenvalue weighted by molar-refractivity contribution is 5.89. The van der Waals surface area contributed by atoms with Crippen LogP contribution in [0, 0.1) is 11.7 Å². The Labute approximate surface area is 253 Å². The number of ether oxygens (including phenoxy) is 1. The summed E-state index contributed by atoms with van der Waals surface area (Å²) in [4.78, 5) is 31.4. The summed E-state index contributed by atoms with van der Waals surface area (Å²) in [5.41, 5.74) is -2.42. The topological polar surface area (TPSA) is 93.6 Å². The van der Waals surface area contributed by atoms with E-state index >= 15 is 0 Å².